The van der Waals surface area contributed by atoms with Gasteiger partial charge in [0.05, 0.1) is 11.6 Å². The zero-order valence-electron chi connectivity index (χ0n) is 15.7. The molecule has 1 aromatic heterocycles. The highest BCUT2D eigenvalue weighted by Crippen LogP contribution is 2.36. The fourth-order valence-corrected chi connectivity index (χ4v) is 4.13. The molecule has 1 N–H and O–H groups in total. The molecule has 2 aromatic carbocycles. The lowest BCUT2D eigenvalue weighted by Crippen LogP contribution is -2.12. The Bertz CT molecular complexity index is 1090. The van der Waals surface area contributed by atoms with E-state index in [1.165, 1.54) is 35.6 Å². The first-order chi connectivity index (χ1) is 14.4. The van der Waals surface area contributed by atoms with Crippen LogP contribution in [0, 0.1) is 5.82 Å². The summed E-state index contributed by atoms with van der Waals surface area (Å²) >= 11 is 10.6. The highest BCUT2D eigenvalue weighted by atomic mass is 79.9. The number of esters is 1. The van der Waals surface area contributed by atoms with Gasteiger partial charge in [-0.25, -0.2) is 9.18 Å². The molecule has 0 bridgehead atoms. The number of ether oxygens (including phenoxy) is 1. The summed E-state index contributed by atoms with van der Waals surface area (Å²) < 4.78 is 20.0. The van der Waals surface area contributed by atoms with Gasteiger partial charge in [0, 0.05) is 27.1 Å². The number of hydrogen-bond acceptors (Lipinski definition) is 4. The van der Waals surface area contributed by atoms with Crippen LogP contribution < -0.4 is 5.32 Å². The maximum atomic E-state index is 13.9. The molecule has 3 rings (SSSR count). The van der Waals surface area contributed by atoms with Gasteiger partial charge in [-0.15, -0.1) is 11.3 Å². The summed E-state index contributed by atoms with van der Waals surface area (Å²) in [4.78, 5) is 25.0. The van der Waals surface area contributed by atoms with E-state index in [4.69, 9.17) is 16.3 Å². The van der Waals surface area contributed by atoms with Crippen LogP contribution in [0.25, 0.3) is 17.2 Å². The van der Waals surface area contributed by atoms with Crippen LogP contribution in [0.2, 0.25) is 5.02 Å². The van der Waals surface area contributed by atoms with Gasteiger partial charge < -0.3 is 10.1 Å². The molecule has 0 spiro atoms. The van der Waals surface area contributed by atoms with Crippen molar-refractivity contribution in [3.63, 3.8) is 0 Å². The monoisotopic (exact) mass is 507 g/mol. The number of thiophene rings is 1. The Kier molecular flexibility index (Phi) is 7.42. The minimum Gasteiger partial charge on any atom is -0.462 e. The summed E-state index contributed by atoms with van der Waals surface area (Å²) in [7, 11) is 0. The summed E-state index contributed by atoms with van der Waals surface area (Å²) in [5.41, 5.74) is 1.85. The van der Waals surface area contributed by atoms with Crippen molar-refractivity contribution in [2.75, 3.05) is 11.9 Å². The number of benzene rings is 2. The standard InChI is InChI=1S/C22H16BrClFNO3S/c1-2-29-22(28)20-16(13-6-8-14(23)9-7-13)12-30-21(20)26-19(27)11-10-15-17(24)4-3-5-18(15)25/h3-12H,2H2,1H3,(H,26,27). The van der Waals surface area contributed by atoms with Crippen molar-refractivity contribution < 1.29 is 18.7 Å². The molecule has 0 fully saturated rings. The number of rotatable bonds is 6. The van der Waals surface area contributed by atoms with Gasteiger partial charge in [-0.05, 0) is 42.8 Å². The molecule has 0 aliphatic carbocycles. The molecule has 0 saturated carbocycles. The summed E-state index contributed by atoms with van der Waals surface area (Å²) in [6, 6.07) is 11.7. The Labute approximate surface area is 190 Å². The maximum Gasteiger partial charge on any atom is 0.341 e. The fraction of sp³-hybridized carbons (Fsp3) is 0.0909. The van der Waals surface area contributed by atoms with Gasteiger partial charge in [-0.3, -0.25) is 4.79 Å². The molecule has 1 heterocycles. The molecule has 154 valence electrons. The third-order valence-electron chi connectivity index (χ3n) is 4.06. The largest absolute Gasteiger partial charge is 0.462 e. The fourth-order valence-electron chi connectivity index (χ4n) is 2.68. The Morgan fingerprint density at radius 2 is 1.97 bits per heavy atom. The molecule has 0 aliphatic rings. The number of hydrogen-bond donors (Lipinski definition) is 1. The molecule has 0 atom stereocenters. The molecular formula is C22H16BrClFNO3S. The molecule has 0 saturated heterocycles. The van der Waals surface area contributed by atoms with Gasteiger partial charge in [0.2, 0.25) is 5.91 Å². The number of anilines is 1. The highest BCUT2D eigenvalue weighted by Gasteiger charge is 2.22. The zero-order chi connectivity index (χ0) is 21.7. The van der Waals surface area contributed by atoms with Gasteiger partial charge in [0.25, 0.3) is 0 Å². The molecule has 4 nitrogen and oxygen atoms in total. The lowest BCUT2D eigenvalue weighted by Gasteiger charge is -2.08. The van der Waals surface area contributed by atoms with Crippen LogP contribution in [0.4, 0.5) is 9.39 Å². The lowest BCUT2D eigenvalue weighted by molar-refractivity contribution is -0.111. The predicted molar refractivity (Wildman–Crippen MR) is 122 cm³/mol. The van der Waals surface area contributed by atoms with Crippen molar-refractivity contribution in [2.24, 2.45) is 0 Å². The van der Waals surface area contributed by atoms with Gasteiger partial charge >= 0.3 is 5.97 Å². The second kappa shape index (κ2) is 10.0. The van der Waals surface area contributed by atoms with Crippen LogP contribution in [0.3, 0.4) is 0 Å². The van der Waals surface area contributed by atoms with Crippen molar-refractivity contribution in [3.8, 4) is 11.1 Å². The Morgan fingerprint density at radius 3 is 2.63 bits per heavy atom. The lowest BCUT2D eigenvalue weighted by atomic mass is 10.0. The van der Waals surface area contributed by atoms with E-state index >= 15 is 0 Å². The van der Waals surface area contributed by atoms with E-state index in [0.717, 1.165) is 16.1 Å². The van der Waals surface area contributed by atoms with E-state index in [1.54, 1.807) is 12.3 Å². The minimum absolute atomic E-state index is 0.113. The third kappa shape index (κ3) is 5.16. The molecular weight excluding hydrogens is 493 g/mol. The molecule has 0 aliphatic heterocycles. The van der Waals surface area contributed by atoms with E-state index < -0.39 is 17.7 Å². The average molecular weight is 509 g/mol. The van der Waals surface area contributed by atoms with E-state index in [-0.39, 0.29) is 22.8 Å². The van der Waals surface area contributed by atoms with Crippen molar-refractivity contribution in [1.82, 2.24) is 0 Å². The van der Waals surface area contributed by atoms with Crippen LogP contribution in [-0.2, 0) is 9.53 Å². The van der Waals surface area contributed by atoms with Crippen LogP contribution in [0.5, 0.6) is 0 Å². The quantitative estimate of drug-likeness (QED) is 0.294. The first kappa shape index (κ1) is 22.2. The van der Waals surface area contributed by atoms with Crippen molar-refractivity contribution in [1.29, 1.82) is 0 Å². The normalized spacial score (nSPS) is 10.9. The maximum absolute atomic E-state index is 13.9. The number of nitrogens with one attached hydrogen (secondary N) is 1. The first-order valence-corrected chi connectivity index (χ1v) is 10.9. The Hall–Kier alpha value is -2.48. The van der Waals surface area contributed by atoms with E-state index in [9.17, 15) is 14.0 Å². The molecule has 30 heavy (non-hydrogen) atoms. The molecule has 0 unspecified atom stereocenters. The van der Waals surface area contributed by atoms with Crippen LogP contribution in [0.15, 0.2) is 58.4 Å². The minimum atomic E-state index is -0.535. The van der Waals surface area contributed by atoms with E-state index in [0.29, 0.717) is 10.6 Å². The third-order valence-corrected chi connectivity index (χ3v) is 5.82. The van der Waals surface area contributed by atoms with Crippen LogP contribution in [-0.4, -0.2) is 18.5 Å². The van der Waals surface area contributed by atoms with E-state index in [1.807, 2.05) is 24.3 Å². The summed E-state index contributed by atoms with van der Waals surface area (Å²) in [6.45, 7) is 1.91. The zero-order valence-corrected chi connectivity index (χ0v) is 18.9. The number of amides is 1. The SMILES string of the molecule is CCOC(=O)c1c(-c2ccc(Br)cc2)csc1NC(=O)C=Cc1c(F)cccc1Cl. The second-order valence-corrected chi connectivity index (χ2v) is 8.24. The Morgan fingerprint density at radius 1 is 1.23 bits per heavy atom. The molecule has 1 amide bonds. The summed E-state index contributed by atoms with van der Waals surface area (Å²) in [5, 5.41) is 5.00. The topological polar surface area (TPSA) is 55.4 Å². The smallest absolute Gasteiger partial charge is 0.341 e. The second-order valence-electron chi connectivity index (χ2n) is 6.04. The highest BCUT2D eigenvalue weighted by molar-refractivity contribution is 9.10. The summed E-state index contributed by atoms with van der Waals surface area (Å²) in [5.74, 6) is -1.59. The first-order valence-electron chi connectivity index (χ1n) is 8.88. The number of carbonyl (C=O) groups is 2. The van der Waals surface area contributed by atoms with Crippen LogP contribution in [0.1, 0.15) is 22.8 Å². The molecule has 8 heteroatoms. The van der Waals surface area contributed by atoms with Gasteiger partial charge in [-0.1, -0.05) is 45.7 Å². The average Bonchev–Trinajstić information content (AvgIpc) is 3.12. The van der Waals surface area contributed by atoms with Crippen molar-refractivity contribution in [3.05, 3.63) is 80.4 Å². The molecule has 0 radical (unpaired) electrons. The van der Waals surface area contributed by atoms with E-state index in [2.05, 4.69) is 21.2 Å². The van der Waals surface area contributed by atoms with Gasteiger partial charge in [0.1, 0.15) is 16.4 Å². The van der Waals surface area contributed by atoms with Crippen molar-refractivity contribution >= 4 is 61.8 Å². The Balaban J connectivity index is 1.90. The number of halogens is 3. The van der Waals surface area contributed by atoms with Gasteiger partial charge in [-0.2, -0.15) is 0 Å². The number of carbonyl (C=O) groups excluding carboxylic acids is 2. The summed E-state index contributed by atoms with van der Waals surface area (Å²) in [6.07, 6.45) is 2.46. The van der Waals surface area contributed by atoms with Crippen molar-refractivity contribution in [2.45, 2.75) is 6.92 Å². The molecule has 3 aromatic rings. The predicted octanol–water partition coefficient (Wildman–Crippen LogP) is 6.80. The van der Waals surface area contributed by atoms with Gasteiger partial charge in [0.15, 0.2) is 0 Å². The van der Waals surface area contributed by atoms with Crippen LogP contribution >= 0.6 is 38.9 Å².